The first-order valence-corrected chi connectivity index (χ1v) is 7.18. The van der Waals surface area contributed by atoms with Gasteiger partial charge in [0.1, 0.15) is 10.7 Å². The summed E-state index contributed by atoms with van der Waals surface area (Å²) in [7, 11) is 1.33. The highest BCUT2D eigenvalue weighted by Gasteiger charge is 2.16. The number of esters is 1. The lowest BCUT2D eigenvalue weighted by molar-refractivity contribution is 0.0605. The molecule has 0 bridgehead atoms. The molecule has 1 aromatic carbocycles. The Bertz CT molecular complexity index is 630. The molecule has 0 amide bonds. The molecule has 0 fully saturated rings. The molecule has 0 aliphatic carbocycles. The van der Waals surface area contributed by atoms with Crippen molar-refractivity contribution in [3.05, 3.63) is 38.2 Å². The van der Waals surface area contributed by atoms with Gasteiger partial charge < -0.3 is 10.1 Å². The van der Waals surface area contributed by atoms with Gasteiger partial charge in [0.2, 0.25) is 0 Å². The number of thiazole rings is 1. The van der Waals surface area contributed by atoms with Gasteiger partial charge >= 0.3 is 5.97 Å². The van der Waals surface area contributed by atoms with Gasteiger partial charge in [-0.05, 0) is 47.7 Å². The predicted molar refractivity (Wildman–Crippen MR) is 80.6 cm³/mol. The summed E-state index contributed by atoms with van der Waals surface area (Å²) in [5.74, 6) is -0.697. The van der Waals surface area contributed by atoms with Gasteiger partial charge in [-0.2, -0.15) is 0 Å². The molecular weight excluding hydrogens is 382 g/mol. The van der Waals surface area contributed by atoms with Crippen molar-refractivity contribution in [3.8, 4) is 0 Å². The van der Waals surface area contributed by atoms with Crippen LogP contribution in [0.4, 0.5) is 15.2 Å². The van der Waals surface area contributed by atoms with Gasteiger partial charge in [0, 0.05) is 3.57 Å². The number of anilines is 2. The Hall–Kier alpha value is -1.22. The quantitative estimate of drug-likeness (QED) is 0.639. The second-order valence-corrected chi connectivity index (χ2v) is 5.84. The summed E-state index contributed by atoms with van der Waals surface area (Å²) in [5, 5.41) is 3.64. The number of methoxy groups -OCH3 is 1. The number of hydrogen-bond donors (Lipinski definition) is 1. The van der Waals surface area contributed by atoms with Crippen LogP contribution in [0.2, 0.25) is 0 Å². The largest absolute Gasteiger partial charge is 0.465 e. The van der Waals surface area contributed by atoms with Crippen LogP contribution in [-0.4, -0.2) is 18.1 Å². The summed E-state index contributed by atoms with van der Waals surface area (Å²) in [6, 6.07) is 4.42. The average Bonchev–Trinajstić information content (AvgIpc) is 2.73. The second-order valence-electron chi connectivity index (χ2n) is 3.67. The Morgan fingerprint density at radius 2 is 2.26 bits per heavy atom. The Labute approximate surface area is 127 Å². The second kappa shape index (κ2) is 5.83. The zero-order chi connectivity index (χ0) is 14.0. The normalized spacial score (nSPS) is 10.3. The number of hydrogen-bond acceptors (Lipinski definition) is 5. The number of aryl methyl sites for hydroxylation is 1. The Balaban J connectivity index is 2.26. The summed E-state index contributed by atoms with van der Waals surface area (Å²) in [6.07, 6.45) is 0. The van der Waals surface area contributed by atoms with Crippen LogP contribution in [-0.2, 0) is 4.74 Å². The molecule has 0 atom stereocenters. The number of nitrogens with zero attached hydrogens (tertiary/aromatic N) is 1. The number of carbonyl (C=O) groups excluding carboxylic acids is 1. The van der Waals surface area contributed by atoms with Crippen molar-refractivity contribution in [2.45, 2.75) is 6.92 Å². The number of aromatic nitrogens is 1. The third-order valence-corrected chi connectivity index (χ3v) is 4.29. The first-order chi connectivity index (χ1) is 9.01. The third kappa shape index (κ3) is 3.21. The number of nitrogens with one attached hydrogen (secondary N) is 1. The highest BCUT2D eigenvalue weighted by Crippen LogP contribution is 2.28. The molecule has 0 unspecified atom stereocenters. The number of carbonyl (C=O) groups is 1. The maximum absolute atomic E-state index is 13.0. The Morgan fingerprint density at radius 1 is 1.53 bits per heavy atom. The van der Waals surface area contributed by atoms with E-state index in [1.165, 1.54) is 30.6 Å². The van der Waals surface area contributed by atoms with E-state index in [1.807, 2.05) is 22.6 Å². The molecule has 100 valence electrons. The first-order valence-electron chi connectivity index (χ1n) is 5.29. The lowest BCUT2D eigenvalue weighted by Crippen LogP contribution is -1.99. The van der Waals surface area contributed by atoms with E-state index in [2.05, 4.69) is 15.0 Å². The summed E-state index contributed by atoms with van der Waals surface area (Å²) in [5.41, 5.74) is 1.35. The van der Waals surface area contributed by atoms with Crippen LogP contribution in [0, 0.1) is 16.3 Å². The van der Waals surface area contributed by atoms with Gasteiger partial charge in [-0.25, -0.2) is 14.2 Å². The molecule has 0 radical (unpaired) electrons. The fraction of sp³-hybridized carbons (Fsp3) is 0.167. The lowest BCUT2D eigenvalue weighted by atomic mass is 10.3. The van der Waals surface area contributed by atoms with E-state index in [0.29, 0.717) is 15.7 Å². The maximum atomic E-state index is 13.0. The summed E-state index contributed by atoms with van der Waals surface area (Å²) < 4.78 is 18.4. The van der Waals surface area contributed by atoms with Crippen LogP contribution in [0.1, 0.15) is 15.4 Å². The zero-order valence-corrected chi connectivity index (χ0v) is 13.1. The van der Waals surface area contributed by atoms with E-state index in [4.69, 9.17) is 0 Å². The number of benzene rings is 1. The molecule has 7 heteroatoms. The molecule has 0 aliphatic rings. The minimum atomic E-state index is -0.406. The third-order valence-electron chi connectivity index (χ3n) is 2.34. The summed E-state index contributed by atoms with van der Waals surface area (Å²) in [6.45, 7) is 1.74. The molecule has 4 nitrogen and oxygen atoms in total. The maximum Gasteiger partial charge on any atom is 0.350 e. The van der Waals surface area contributed by atoms with Crippen LogP contribution in [0.3, 0.4) is 0 Å². The van der Waals surface area contributed by atoms with Crippen LogP contribution < -0.4 is 5.32 Å². The van der Waals surface area contributed by atoms with Crippen molar-refractivity contribution in [1.29, 1.82) is 0 Å². The molecule has 0 aliphatic heterocycles. The summed E-state index contributed by atoms with van der Waals surface area (Å²) >= 11 is 3.24. The fourth-order valence-corrected chi connectivity index (χ4v) is 2.95. The molecular formula is C12H10FIN2O2S. The molecule has 0 saturated carbocycles. The minimum absolute atomic E-state index is 0.291. The Morgan fingerprint density at radius 3 is 2.89 bits per heavy atom. The van der Waals surface area contributed by atoms with Crippen LogP contribution in [0.25, 0.3) is 0 Å². The molecule has 1 heterocycles. The van der Waals surface area contributed by atoms with Crippen LogP contribution >= 0.6 is 33.9 Å². The van der Waals surface area contributed by atoms with E-state index in [9.17, 15) is 9.18 Å². The van der Waals surface area contributed by atoms with Gasteiger partial charge in [0.05, 0.1) is 18.5 Å². The van der Waals surface area contributed by atoms with Crippen molar-refractivity contribution >= 4 is 50.7 Å². The highest BCUT2D eigenvalue weighted by molar-refractivity contribution is 14.1. The van der Waals surface area contributed by atoms with Crippen LogP contribution in [0.5, 0.6) is 0 Å². The number of ether oxygens (including phenoxy) is 1. The standard InChI is InChI=1S/C12H10FIN2O2S/c1-6-10(11(17)18-2)19-12(15-6)16-9-4-3-7(13)5-8(9)14/h3-5H,1-2H3,(H,15,16). The van der Waals surface area contributed by atoms with E-state index in [1.54, 1.807) is 13.0 Å². The topological polar surface area (TPSA) is 51.2 Å². The molecule has 19 heavy (non-hydrogen) atoms. The van der Waals surface area contributed by atoms with E-state index in [0.717, 1.165) is 9.26 Å². The fourth-order valence-electron chi connectivity index (χ4n) is 1.44. The molecule has 1 N–H and O–H groups in total. The van der Waals surface area contributed by atoms with E-state index < -0.39 is 5.97 Å². The Kier molecular flexibility index (Phi) is 4.35. The zero-order valence-electron chi connectivity index (χ0n) is 10.2. The van der Waals surface area contributed by atoms with Gasteiger partial charge in [0.25, 0.3) is 0 Å². The van der Waals surface area contributed by atoms with Gasteiger partial charge in [0.15, 0.2) is 5.13 Å². The molecule has 0 spiro atoms. The minimum Gasteiger partial charge on any atom is -0.465 e. The van der Waals surface area contributed by atoms with Crippen molar-refractivity contribution < 1.29 is 13.9 Å². The molecule has 2 aromatic rings. The molecule has 0 saturated heterocycles. The van der Waals surface area contributed by atoms with Crippen molar-refractivity contribution in [1.82, 2.24) is 4.98 Å². The molecule has 1 aromatic heterocycles. The number of halogens is 2. The first kappa shape index (κ1) is 14.2. The van der Waals surface area contributed by atoms with Crippen molar-refractivity contribution in [2.24, 2.45) is 0 Å². The smallest absolute Gasteiger partial charge is 0.350 e. The monoisotopic (exact) mass is 392 g/mol. The van der Waals surface area contributed by atoms with E-state index in [-0.39, 0.29) is 5.82 Å². The van der Waals surface area contributed by atoms with E-state index >= 15 is 0 Å². The van der Waals surface area contributed by atoms with Gasteiger partial charge in [-0.3, -0.25) is 0 Å². The van der Waals surface area contributed by atoms with Gasteiger partial charge in [-0.1, -0.05) is 11.3 Å². The summed E-state index contributed by atoms with van der Waals surface area (Å²) in [4.78, 5) is 16.2. The van der Waals surface area contributed by atoms with Crippen molar-refractivity contribution in [3.63, 3.8) is 0 Å². The number of rotatable bonds is 3. The predicted octanol–water partition coefficient (Wildman–Crippen LogP) is 3.73. The van der Waals surface area contributed by atoms with Crippen molar-refractivity contribution in [2.75, 3.05) is 12.4 Å². The lowest BCUT2D eigenvalue weighted by Gasteiger charge is -2.04. The molecule has 2 rings (SSSR count). The SMILES string of the molecule is COC(=O)c1sc(Nc2ccc(F)cc2I)nc1C. The van der Waals surface area contributed by atoms with Crippen LogP contribution in [0.15, 0.2) is 18.2 Å². The average molecular weight is 392 g/mol. The van der Waals surface area contributed by atoms with Gasteiger partial charge in [-0.15, -0.1) is 0 Å². The highest BCUT2D eigenvalue weighted by atomic mass is 127.